The molecule has 2 aliphatic rings. The summed E-state index contributed by atoms with van der Waals surface area (Å²) in [6, 6.07) is 7.90. The van der Waals surface area contributed by atoms with Gasteiger partial charge < -0.3 is 20.5 Å². The highest BCUT2D eigenvalue weighted by atomic mass is 16.5. The van der Waals surface area contributed by atoms with Gasteiger partial charge in [-0.1, -0.05) is 37.5 Å². The van der Waals surface area contributed by atoms with Gasteiger partial charge in [-0.25, -0.2) is 4.79 Å². The molecule has 1 saturated carbocycles. The number of urea groups is 1. The van der Waals surface area contributed by atoms with Crippen LogP contribution in [0.4, 0.5) is 4.79 Å². The zero-order valence-electron chi connectivity index (χ0n) is 15.1. The van der Waals surface area contributed by atoms with E-state index in [0.29, 0.717) is 13.2 Å². The summed E-state index contributed by atoms with van der Waals surface area (Å²) in [5.41, 5.74) is 1.23. The third-order valence-corrected chi connectivity index (χ3v) is 5.88. The molecular weight excluding hydrogens is 316 g/mol. The van der Waals surface area contributed by atoms with Gasteiger partial charge in [0.15, 0.2) is 0 Å². The minimum Gasteiger partial charge on any atom is -0.493 e. The van der Waals surface area contributed by atoms with Crippen molar-refractivity contribution in [2.45, 2.75) is 57.4 Å². The second kappa shape index (κ2) is 8.09. The van der Waals surface area contributed by atoms with E-state index < -0.39 is 0 Å². The molecule has 0 spiro atoms. The Hall–Kier alpha value is -1.75. The summed E-state index contributed by atoms with van der Waals surface area (Å²) in [6.45, 7) is 3.47. The Morgan fingerprint density at radius 3 is 2.84 bits per heavy atom. The topological polar surface area (TPSA) is 70.6 Å². The molecule has 0 saturated heterocycles. The Labute approximate surface area is 150 Å². The molecule has 25 heavy (non-hydrogen) atoms. The lowest BCUT2D eigenvalue weighted by Gasteiger charge is -2.37. The van der Waals surface area contributed by atoms with Gasteiger partial charge >= 0.3 is 6.03 Å². The highest BCUT2D eigenvalue weighted by Crippen LogP contribution is 2.38. The van der Waals surface area contributed by atoms with Crippen LogP contribution in [0.15, 0.2) is 24.3 Å². The van der Waals surface area contributed by atoms with Crippen LogP contribution in [0.5, 0.6) is 5.75 Å². The van der Waals surface area contributed by atoms with Crippen molar-refractivity contribution in [3.63, 3.8) is 0 Å². The van der Waals surface area contributed by atoms with E-state index in [9.17, 15) is 9.90 Å². The summed E-state index contributed by atoms with van der Waals surface area (Å²) in [7, 11) is 0. The molecule has 1 heterocycles. The molecule has 2 atom stereocenters. The van der Waals surface area contributed by atoms with Crippen molar-refractivity contribution in [1.82, 2.24) is 10.6 Å². The van der Waals surface area contributed by atoms with E-state index in [2.05, 4.69) is 16.7 Å². The monoisotopic (exact) mass is 346 g/mol. The quantitative estimate of drug-likeness (QED) is 0.741. The lowest BCUT2D eigenvalue weighted by molar-refractivity contribution is 0.127. The van der Waals surface area contributed by atoms with Crippen molar-refractivity contribution in [2.75, 3.05) is 19.8 Å². The number of hydrogen-bond donors (Lipinski definition) is 3. The van der Waals surface area contributed by atoms with Gasteiger partial charge in [0.1, 0.15) is 5.75 Å². The van der Waals surface area contributed by atoms with Crippen LogP contribution >= 0.6 is 0 Å². The van der Waals surface area contributed by atoms with E-state index in [0.717, 1.165) is 25.0 Å². The average molecular weight is 346 g/mol. The van der Waals surface area contributed by atoms with E-state index in [4.69, 9.17) is 4.74 Å². The number of rotatable bonds is 6. The molecule has 1 aliphatic carbocycles. The molecule has 1 fully saturated rings. The maximum atomic E-state index is 12.4. The normalized spacial score (nSPS) is 22.6. The van der Waals surface area contributed by atoms with Gasteiger partial charge in [-0.2, -0.15) is 0 Å². The number of para-hydroxylation sites is 1. The van der Waals surface area contributed by atoms with Crippen molar-refractivity contribution in [1.29, 1.82) is 0 Å². The molecule has 138 valence electrons. The molecule has 1 aliphatic heterocycles. The predicted molar refractivity (Wildman–Crippen MR) is 97.9 cm³/mol. The minimum absolute atomic E-state index is 0.00352. The van der Waals surface area contributed by atoms with E-state index >= 15 is 0 Å². The molecule has 0 radical (unpaired) electrons. The molecule has 3 N–H and O–H groups in total. The minimum atomic E-state index is -0.125. The van der Waals surface area contributed by atoms with Gasteiger partial charge in [-0.15, -0.1) is 0 Å². The number of fused-ring (bicyclic) bond motifs is 1. The molecular formula is C20H30N2O3. The summed E-state index contributed by atoms with van der Waals surface area (Å²) in [5.74, 6) is 1.11. The Kier molecular flexibility index (Phi) is 5.84. The predicted octanol–water partition coefficient (Wildman–Crippen LogP) is 3.18. The van der Waals surface area contributed by atoms with Crippen LogP contribution in [0.2, 0.25) is 0 Å². The van der Waals surface area contributed by atoms with E-state index in [1.807, 2.05) is 25.1 Å². The first-order valence-corrected chi connectivity index (χ1v) is 9.50. The Balaban J connectivity index is 1.52. The summed E-state index contributed by atoms with van der Waals surface area (Å²) in [4.78, 5) is 12.4. The fourth-order valence-corrected chi connectivity index (χ4v) is 4.28. The van der Waals surface area contributed by atoms with Crippen molar-refractivity contribution in [3.8, 4) is 5.75 Å². The fourth-order valence-electron chi connectivity index (χ4n) is 4.28. The Bertz CT molecular complexity index is 579. The van der Waals surface area contributed by atoms with Gasteiger partial charge in [0.05, 0.1) is 6.61 Å². The molecule has 0 bridgehead atoms. The van der Waals surface area contributed by atoms with Gasteiger partial charge in [-0.05, 0) is 37.7 Å². The Morgan fingerprint density at radius 2 is 2.08 bits per heavy atom. The van der Waals surface area contributed by atoms with Gasteiger partial charge in [0.2, 0.25) is 0 Å². The molecule has 1 aromatic rings. The van der Waals surface area contributed by atoms with Gasteiger partial charge in [0, 0.05) is 30.7 Å². The van der Waals surface area contributed by atoms with E-state index in [1.165, 1.54) is 24.8 Å². The molecule has 2 amide bonds. The molecule has 5 heteroatoms. The molecule has 5 nitrogen and oxygen atoms in total. The first-order chi connectivity index (χ1) is 12.1. The van der Waals surface area contributed by atoms with Crippen LogP contribution in [-0.4, -0.2) is 36.9 Å². The van der Waals surface area contributed by atoms with Gasteiger partial charge in [0.25, 0.3) is 0 Å². The smallest absolute Gasteiger partial charge is 0.315 e. The van der Waals surface area contributed by atoms with E-state index in [-0.39, 0.29) is 30.0 Å². The third-order valence-electron chi connectivity index (χ3n) is 5.88. The van der Waals surface area contributed by atoms with Crippen molar-refractivity contribution >= 4 is 6.03 Å². The van der Waals surface area contributed by atoms with Crippen LogP contribution in [0, 0.1) is 5.41 Å². The zero-order chi connectivity index (χ0) is 17.7. The van der Waals surface area contributed by atoms with Crippen LogP contribution in [0.1, 0.15) is 56.9 Å². The summed E-state index contributed by atoms with van der Waals surface area (Å²) in [6.07, 6.45) is 6.59. The lowest BCUT2D eigenvalue weighted by atomic mass is 9.72. The highest BCUT2D eigenvalue weighted by Gasteiger charge is 2.33. The SMILES string of the molecule is CC(NC(=O)NCC1(CCO)CCCCC1)C1COc2ccccc21. The number of hydrogen-bond acceptors (Lipinski definition) is 3. The molecule has 0 aromatic heterocycles. The number of amides is 2. The summed E-state index contributed by atoms with van der Waals surface area (Å²) >= 11 is 0. The second-order valence-corrected chi connectivity index (χ2v) is 7.61. The maximum absolute atomic E-state index is 12.4. The Morgan fingerprint density at radius 1 is 1.32 bits per heavy atom. The van der Waals surface area contributed by atoms with Crippen LogP contribution in [0.25, 0.3) is 0 Å². The van der Waals surface area contributed by atoms with Crippen LogP contribution in [0.3, 0.4) is 0 Å². The van der Waals surface area contributed by atoms with Gasteiger partial charge in [-0.3, -0.25) is 0 Å². The number of carbonyl (C=O) groups is 1. The number of aliphatic hydroxyl groups excluding tert-OH is 1. The second-order valence-electron chi connectivity index (χ2n) is 7.61. The number of benzene rings is 1. The number of ether oxygens (including phenoxy) is 1. The molecule has 3 rings (SSSR count). The average Bonchev–Trinajstić information content (AvgIpc) is 3.05. The fraction of sp³-hybridized carbons (Fsp3) is 0.650. The summed E-state index contributed by atoms with van der Waals surface area (Å²) < 4.78 is 5.72. The van der Waals surface area contributed by atoms with E-state index in [1.54, 1.807) is 0 Å². The number of aliphatic hydroxyl groups is 1. The molecule has 2 unspecified atom stereocenters. The maximum Gasteiger partial charge on any atom is 0.315 e. The largest absolute Gasteiger partial charge is 0.493 e. The standard InChI is InChI=1S/C20H30N2O3/c1-15(17-13-25-18-8-4-3-7-16(17)18)22-19(24)21-14-20(11-12-23)9-5-2-6-10-20/h3-4,7-8,15,17,23H,2,5-6,9-14H2,1H3,(H2,21,22,24). The highest BCUT2D eigenvalue weighted by molar-refractivity contribution is 5.74. The van der Waals surface area contributed by atoms with Crippen molar-refractivity contribution in [3.05, 3.63) is 29.8 Å². The van der Waals surface area contributed by atoms with Crippen LogP contribution in [-0.2, 0) is 0 Å². The lowest BCUT2D eigenvalue weighted by Crippen LogP contribution is -2.47. The first kappa shape index (κ1) is 18.1. The number of nitrogens with one attached hydrogen (secondary N) is 2. The zero-order valence-corrected chi connectivity index (χ0v) is 15.1. The van der Waals surface area contributed by atoms with Crippen molar-refractivity contribution < 1.29 is 14.6 Å². The van der Waals surface area contributed by atoms with Crippen molar-refractivity contribution in [2.24, 2.45) is 5.41 Å². The molecule has 1 aromatic carbocycles. The third kappa shape index (κ3) is 4.27. The summed E-state index contributed by atoms with van der Waals surface area (Å²) in [5, 5.41) is 15.5. The van der Waals surface area contributed by atoms with Crippen LogP contribution < -0.4 is 15.4 Å². The number of carbonyl (C=O) groups excluding carboxylic acids is 1. The first-order valence-electron chi connectivity index (χ1n) is 9.50.